The first-order valence-electron chi connectivity index (χ1n) is 7.23. The van der Waals surface area contributed by atoms with E-state index in [-0.39, 0.29) is 24.0 Å². The SMILES string of the molecule is CC(C)(C)OC(=O)[C@H](N)Cc1ccc(OC(C)(C)C)cc1.Cl. The molecule has 22 heavy (non-hydrogen) atoms. The lowest BCUT2D eigenvalue weighted by atomic mass is 10.1. The highest BCUT2D eigenvalue weighted by atomic mass is 35.5. The Kier molecular flexibility index (Phi) is 7.39. The van der Waals surface area contributed by atoms with Crippen LogP contribution in [0.3, 0.4) is 0 Å². The normalized spacial score (nSPS) is 13.0. The number of esters is 1. The lowest BCUT2D eigenvalue weighted by Crippen LogP contribution is -2.38. The first kappa shape index (κ1) is 20.7. The fraction of sp³-hybridized carbons (Fsp3) is 0.588. The average molecular weight is 330 g/mol. The van der Waals surface area contributed by atoms with Crippen LogP contribution >= 0.6 is 12.4 Å². The molecule has 0 amide bonds. The van der Waals surface area contributed by atoms with Crippen molar-refractivity contribution < 1.29 is 14.3 Å². The van der Waals surface area contributed by atoms with Gasteiger partial charge in [0.05, 0.1) is 0 Å². The molecule has 1 aromatic rings. The maximum Gasteiger partial charge on any atom is 0.323 e. The fourth-order valence-electron chi connectivity index (χ4n) is 1.76. The van der Waals surface area contributed by atoms with Crippen LogP contribution in [-0.4, -0.2) is 23.2 Å². The first-order valence-corrected chi connectivity index (χ1v) is 7.23. The van der Waals surface area contributed by atoms with E-state index >= 15 is 0 Å². The van der Waals surface area contributed by atoms with Crippen molar-refractivity contribution in [2.75, 3.05) is 0 Å². The molecule has 2 N–H and O–H groups in total. The van der Waals surface area contributed by atoms with Crippen LogP contribution in [0, 0.1) is 0 Å². The number of hydrogen-bond acceptors (Lipinski definition) is 4. The maximum absolute atomic E-state index is 11.8. The van der Waals surface area contributed by atoms with Crippen LogP contribution in [0.15, 0.2) is 24.3 Å². The van der Waals surface area contributed by atoms with Crippen molar-refractivity contribution >= 4 is 18.4 Å². The molecule has 0 aliphatic heterocycles. The fourth-order valence-corrected chi connectivity index (χ4v) is 1.76. The number of rotatable bonds is 4. The van der Waals surface area contributed by atoms with Crippen molar-refractivity contribution in [2.24, 2.45) is 5.73 Å². The number of nitrogens with two attached hydrogens (primary N) is 1. The highest BCUT2D eigenvalue weighted by Gasteiger charge is 2.22. The molecule has 0 bridgehead atoms. The summed E-state index contributed by atoms with van der Waals surface area (Å²) in [4.78, 5) is 11.8. The number of halogens is 1. The molecule has 0 aliphatic rings. The van der Waals surface area contributed by atoms with Crippen LogP contribution in [0.4, 0.5) is 0 Å². The minimum absolute atomic E-state index is 0. The lowest BCUT2D eigenvalue weighted by molar-refractivity contribution is -0.156. The predicted octanol–water partition coefficient (Wildman–Crippen LogP) is 3.50. The van der Waals surface area contributed by atoms with Crippen molar-refractivity contribution in [3.05, 3.63) is 29.8 Å². The van der Waals surface area contributed by atoms with Crippen LogP contribution in [0.25, 0.3) is 0 Å². The van der Waals surface area contributed by atoms with Gasteiger partial charge in [-0.1, -0.05) is 12.1 Å². The predicted molar refractivity (Wildman–Crippen MR) is 91.6 cm³/mol. The molecule has 126 valence electrons. The minimum Gasteiger partial charge on any atom is -0.488 e. The monoisotopic (exact) mass is 329 g/mol. The molecule has 0 unspecified atom stereocenters. The number of carbonyl (C=O) groups excluding carboxylic acids is 1. The molecule has 5 heteroatoms. The van der Waals surface area contributed by atoms with E-state index in [2.05, 4.69) is 0 Å². The second-order valence-electron chi connectivity index (χ2n) is 7.20. The van der Waals surface area contributed by atoms with Gasteiger partial charge >= 0.3 is 5.97 Å². The van der Waals surface area contributed by atoms with Crippen molar-refractivity contribution in [1.82, 2.24) is 0 Å². The van der Waals surface area contributed by atoms with Gasteiger partial charge in [-0.15, -0.1) is 12.4 Å². The summed E-state index contributed by atoms with van der Waals surface area (Å²) in [7, 11) is 0. The zero-order valence-corrected chi connectivity index (χ0v) is 15.1. The van der Waals surface area contributed by atoms with Gasteiger partial charge in [0.25, 0.3) is 0 Å². The number of carbonyl (C=O) groups is 1. The Hall–Kier alpha value is -1.26. The van der Waals surface area contributed by atoms with Gasteiger partial charge in [-0.3, -0.25) is 4.79 Å². The van der Waals surface area contributed by atoms with E-state index in [1.54, 1.807) is 0 Å². The Morgan fingerprint density at radius 1 is 1.05 bits per heavy atom. The first-order chi connectivity index (χ1) is 9.46. The van der Waals surface area contributed by atoms with Crippen molar-refractivity contribution in [1.29, 1.82) is 0 Å². The van der Waals surface area contributed by atoms with Crippen LogP contribution < -0.4 is 10.5 Å². The molecule has 0 fully saturated rings. The third kappa shape index (κ3) is 8.25. The van der Waals surface area contributed by atoms with Crippen molar-refractivity contribution in [3.8, 4) is 5.75 Å². The molecule has 0 spiro atoms. The smallest absolute Gasteiger partial charge is 0.323 e. The quantitative estimate of drug-likeness (QED) is 0.859. The van der Waals surface area contributed by atoms with E-state index in [0.717, 1.165) is 11.3 Å². The van der Waals surface area contributed by atoms with E-state index in [0.29, 0.717) is 6.42 Å². The lowest BCUT2D eigenvalue weighted by Gasteiger charge is -2.22. The summed E-state index contributed by atoms with van der Waals surface area (Å²) in [6.07, 6.45) is 0.449. The summed E-state index contributed by atoms with van der Waals surface area (Å²) >= 11 is 0. The van der Waals surface area contributed by atoms with E-state index in [1.807, 2.05) is 65.8 Å². The molecule has 0 aliphatic carbocycles. The van der Waals surface area contributed by atoms with Gasteiger partial charge in [0, 0.05) is 0 Å². The highest BCUT2D eigenvalue weighted by molar-refractivity contribution is 5.85. The Labute approximate surface area is 139 Å². The van der Waals surface area contributed by atoms with Gasteiger partial charge in [-0.05, 0) is 65.7 Å². The highest BCUT2D eigenvalue weighted by Crippen LogP contribution is 2.19. The van der Waals surface area contributed by atoms with Gasteiger partial charge in [0.15, 0.2) is 0 Å². The van der Waals surface area contributed by atoms with Gasteiger partial charge in [-0.2, -0.15) is 0 Å². The van der Waals surface area contributed by atoms with E-state index in [1.165, 1.54) is 0 Å². The molecular weight excluding hydrogens is 302 g/mol. The standard InChI is InChI=1S/C17H27NO3.ClH/c1-16(2,3)20-13-9-7-12(8-10-13)11-14(18)15(19)21-17(4,5)6;/h7-10,14H,11,18H2,1-6H3;1H/t14-;/m1./s1. The van der Waals surface area contributed by atoms with Crippen LogP contribution in [0.5, 0.6) is 5.75 Å². The maximum atomic E-state index is 11.8. The summed E-state index contributed by atoms with van der Waals surface area (Å²) in [5, 5.41) is 0. The zero-order valence-electron chi connectivity index (χ0n) is 14.3. The molecule has 1 rings (SSSR count). The van der Waals surface area contributed by atoms with E-state index < -0.39 is 11.6 Å². The number of benzene rings is 1. The molecule has 0 heterocycles. The summed E-state index contributed by atoms with van der Waals surface area (Å²) in [5.74, 6) is 0.426. The molecule has 1 atom stereocenters. The second-order valence-corrected chi connectivity index (χ2v) is 7.20. The topological polar surface area (TPSA) is 61.5 Å². The summed E-state index contributed by atoms with van der Waals surface area (Å²) in [5.41, 5.74) is 6.13. The second kappa shape index (κ2) is 7.84. The third-order valence-electron chi connectivity index (χ3n) is 2.51. The average Bonchev–Trinajstić information content (AvgIpc) is 2.27. The van der Waals surface area contributed by atoms with Crippen molar-refractivity contribution in [3.63, 3.8) is 0 Å². The molecule has 0 saturated carbocycles. The number of ether oxygens (including phenoxy) is 2. The molecule has 0 aromatic heterocycles. The molecule has 1 aromatic carbocycles. The zero-order chi connectivity index (χ0) is 16.3. The van der Waals surface area contributed by atoms with Crippen LogP contribution in [0.1, 0.15) is 47.1 Å². The minimum atomic E-state index is -0.654. The molecule has 0 radical (unpaired) electrons. The number of hydrogen-bond donors (Lipinski definition) is 1. The Balaban J connectivity index is 0.00000441. The Morgan fingerprint density at radius 2 is 1.55 bits per heavy atom. The Bertz CT molecular complexity index is 472. The third-order valence-corrected chi connectivity index (χ3v) is 2.51. The van der Waals surface area contributed by atoms with Gasteiger partial charge < -0.3 is 15.2 Å². The van der Waals surface area contributed by atoms with E-state index in [4.69, 9.17) is 15.2 Å². The van der Waals surface area contributed by atoms with Gasteiger partial charge in [-0.25, -0.2) is 0 Å². The Morgan fingerprint density at radius 3 is 1.95 bits per heavy atom. The summed E-state index contributed by atoms with van der Waals surface area (Å²) in [6.45, 7) is 11.5. The van der Waals surface area contributed by atoms with Gasteiger partial charge in [0.1, 0.15) is 23.0 Å². The summed E-state index contributed by atoms with van der Waals surface area (Å²) in [6, 6.07) is 6.97. The van der Waals surface area contributed by atoms with Gasteiger partial charge in [0.2, 0.25) is 0 Å². The van der Waals surface area contributed by atoms with Crippen LogP contribution in [-0.2, 0) is 16.0 Å². The van der Waals surface area contributed by atoms with E-state index in [9.17, 15) is 4.79 Å². The van der Waals surface area contributed by atoms with Crippen LogP contribution in [0.2, 0.25) is 0 Å². The molecule has 4 nitrogen and oxygen atoms in total. The molecular formula is C17H28ClNO3. The largest absolute Gasteiger partial charge is 0.488 e. The summed E-state index contributed by atoms with van der Waals surface area (Å²) < 4.78 is 11.0. The van der Waals surface area contributed by atoms with Crippen molar-refractivity contribution in [2.45, 2.75) is 65.2 Å². The molecule has 0 saturated heterocycles.